The predicted molar refractivity (Wildman–Crippen MR) is 157 cm³/mol. The van der Waals surface area contributed by atoms with Gasteiger partial charge in [-0.15, -0.1) is 0 Å². The lowest BCUT2D eigenvalue weighted by molar-refractivity contribution is -0.288. The molecular formula is C35H34F6O2. The molecule has 0 unspecified atom stereocenters. The van der Waals surface area contributed by atoms with Crippen molar-refractivity contribution in [2.75, 3.05) is 0 Å². The molecule has 43 heavy (non-hydrogen) atoms. The minimum Gasteiger partial charge on any atom is -0.488 e. The van der Waals surface area contributed by atoms with Crippen LogP contribution in [0, 0.1) is 0 Å². The molecule has 0 radical (unpaired) electrons. The SMILES string of the molecule is CC(C)(C)Oc1ccc(C(c2ccc(Oc3ccc(-c4ccc(C(C)(C)C)cc4)cc3)cc2)(C(F)(F)F)C(F)(F)F)cc1. The molecule has 0 aliphatic rings. The third-order valence-electron chi connectivity index (χ3n) is 7.02. The highest BCUT2D eigenvalue weighted by molar-refractivity contribution is 5.64. The molecule has 4 aromatic carbocycles. The topological polar surface area (TPSA) is 18.5 Å². The molecule has 0 saturated carbocycles. The first kappa shape index (κ1) is 32.0. The first-order valence-corrected chi connectivity index (χ1v) is 13.7. The molecule has 0 saturated heterocycles. The zero-order valence-corrected chi connectivity index (χ0v) is 24.8. The highest BCUT2D eigenvalue weighted by Gasteiger charge is 2.72. The van der Waals surface area contributed by atoms with Crippen molar-refractivity contribution < 1.29 is 35.8 Å². The fraction of sp³-hybridized carbons (Fsp3) is 0.314. The molecule has 0 spiro atoms. The van der Waals surface area contributed by atoms with Gasteiger partial charge in [0.15, 0.2) is 0 Å². The second kappa shape index (κ2) is 11.3. The maximum atomic E-state index is 14.5. The largest absolute Gasteiger partial charge is 0.488 e. The Morgan fingerprint density at radius 1 is 0.419 bits per heavy atom. The summed E-state index contributed by atoms with van der Waals surface area (Å²) in [5.41, 5.74) is -3.72. The summed E-state index contributed by atoms with van der Waals surface area (Å²) in [4.78, 5) is 0. The molecule has 4 rings (SSSR count). The Bertz CT molecular complexity index is 1490. The number of benzene rings is 4. The number of rotatable bonds is 6. The summed E-state index contributed by atoms with van der Waals surface area (Å²) in [5.74, 6) is 0.638. The van der Waals surface area contributed by atoms with Gasteiger partial charge in [0.2, 0.25) is 5.41 Å². The fourth-order valence-corrected chi connectivity index (χ4v) is 4.90. The average molecular weight is 601 g/mol. The van der Waals surface area contributed by atoms with Crippen LogP contribution in [0.2, 0.25) is 0 Å². The molecule has 0 fully saturated rings. The van der Waals surface area contributed by atoms with Gasteiger partial charge in [0, 0.05) is 0 Å². The van der Waals surface area contributed by atoms with Crippen LogP contribution in [0.1, 0.15) is 58.2 Å². The third-order valence-corrected chi connectivity index (χ3v) is 7.02. The number of ether oxygens (including phenoxy) is 2. The normalized spacial score (nSPS) is 13.1. The van der Waals surface area contributed by atoms with Gasteiger partial charge in [-0.1, -0.05) is 81.4 Å². The number of alkyl halides is 6. The Labute approximate surface area is 248 Å². The van der Waals surface area contributed by atoms with Gasteiger partial charge in [0.25, 0.3) is 0 Å². The minimum atomic E-state index is -5.69. The summed E-state index contributed by atoms with van der Waals surface area (Å²) in [6.45, 7) is 11.6. The quantitative estimate of drug-likeness (QED) is 0.205. The predicted octanol–water partition coefficient (Wildman–Crippen LogP) is 11.0. The summed E-state index contributed by atoms with van der Waals surface area (Å²) in [6.07, 6.45) is -11.4. The number of halogens is 6. The van der Waals surface area contributed by atoms with E-state index in [4.69, 9.17) is 9.47 Å². The van der Waals surface area contributed by atoms with Gasteiger partial charge in [0.1, 0.15) is 22.8 Å². The molecule has 0 atom stereocenters. The number of hydrogen-bond donors (Lipinski definition) is 0. The van der Waals surface area contributed by atoms with Gasteiger partial charge < -0.3 is 9.47 Å². The van der Waals surface area contributed by atoms with Crippen molar-refractivity contribution in [2.45, 2.75) is 70.3 Å². The van der Waals surface area contributed by atoms with E-state index in [2.05, 4.69) is 32.9 Å². The van der Waals surface area contributed by atoms with E-state index in [1.165, 1.54) is 5.56 Å². The van der Waals surface area contributed by atoms with Gasteiger partial charge in [-0.05, 0) is 90.4 Å². The van der Waals surface area contributed by atoms with Crippen LogP contribution in [0.5, 0.6) is 17.2 Å². The highest BCUT2D eigenvalue weighted by atomic mass is 19.4. The smallest absolute Gasteiger partial charge is 0.411 e. The summed E-state index contributed by atoms with van der Waals surface area (Å²) in [7, 11) is 0. The lowest BCUT2D eigenvalue weighted by Crippen LogP contribution is -2.54. The molecule has 0 heterocycles. The van der Waals surface area contributed by atoms with Crippen molar-refractivity contribution in [3.63, 3.8) is 0 Å². The van der Waals surface area contributed by atoms with Crippen LogP contribution in [0.25, 0.3) is 11.1 Å². The average Bonchev–Trinajstić information content (AvgIpc) is 2.88. The molecule has 0 N–H and O–H groups in total. The van der Waals surface area contributed by atoms with E-state index >= 15 is 0 Å². The zero-order valence-electron chi connectivity index (χ0n) is 24.8. The molecule has 0 bridgehead atoms. The maximum absolute atomic E-state index is 14.5. The summed E-state index contributed by atoms with van der Waals surface area (Å²) < 4.78 is 98.6. The van der Waals surface area contributed by atoms with Crippen LogP contribution >= 0.6 is 0 Å². The third kappa shape index (κ3) is 6.84. The molecule has 0 aliphatic heterocycles. The minimum absolute atomic E-state index is 0.0251. The van der Waals surface area contributed by atoms with Crippen molar-refractivity contribution in [3.05, 3.63) is 114 Å². The van der Waals surface area contributed by atoms with E-state index in [1.807, 2.05) is 24.3 Å². The Morgan fingerprint density at radius 2 is 0.744 bits per heavy atom. The fourth-order valence-electron chi connectivity index (χ4n) is 4.90. The molecule has 8 heteroatoms. The van der Waals surface area contributed by atoms with Gasteiger partial charge in [-0.2, -0.15) is 26.3 Å². The van der Waals surface area contributed by atoms with E-state index in [1.54, 1.807) is 32.9 Å². The summed E-state index contributed by atoms with van der Waals surface area (Å²) >= 11 is 0. The lowest BCUT2D eigenvalue weighted by atomic mass is 9.73. The molecule has 0 amide bonds. The van der Waals surface area contributed by atoms with Crippen LogP contribution in [-0.4, -0.2) is 18.0 Å². The molecule has 0 aliphatic carbocycles. The van der Waals surface area contributed by atoms with Gasteiger partial charge in [-0.25, -0.2) is 0 Å². The van der Waals surface area contributed by atoms with Gasteiger partial charge in [0.05, 0.1) is 0 Å². The van der Waals surface area contributed by atoms with Gasteiger partial charge in [-0.3, -0.25) is 0 Å². The standard InChI is InChI=1S/C35H34F6O2/c1-31(2,3)25-11-7-23(8-12-25)24-9-17-28(18-10-24)42-29-19-13-26(14-20-29)33(34(36,37)38,35(39,40)41)27-15-21-30(22-16-27)43-32(4,5)6/h7-22H,1-6H3. The molecular weight excluding hydrogens is 566 g/mol. The van der Waals surface area contributed by atoms with E-state index in [-0.39, 0.29) is 16.9 Å². The highest BCUT2D eigenvalue weighted by Crippen LogP contribution is 2.56. The van der Waals surface area contributed by atoms with Crippen molar-refractivity contribution in [1.29, 1.82) is 0 Å². The van der Waals surface area contributed by atoms with Crippen LogP contribution in [0.4, 0.5) is 26.3 Å². The van der Waals surface area contributed by atoms with E-state index in [0.29, 0.717) is 5.75 Å². The lowest BCUT2D eigenvalue weighted by Gasteiger charge is -2.38. The Balaban J connectivity index is 1.61. The van der Waals surface area contributed by atoms with Crippen molar-refractivity contribution in [2.24, 2.45) is 0 Å². The van der Waals surface area contributed by atoms with E-state index < -0.39 is 34.5 Å². The summed E-state index contributed by atoms with van der Waals surface area (Å²) in [6, 6.07) is 22.9. The second-order valence-corrected chi connectivity index (χ2v) is 12.5. The number of hydrogen-bond acceptors (Lipinski definition) is 2. The van der Waals surface area contributed by atoms with E-state index in [9.17, 15) is 26.3 Å². The zero-order chi connectivity index (χ0) is 31.8. The molecule has 2 nitrogen and oxygen atoms in total. The van der Waals surface area contributed by atoms with Crippen LogP contribution in [0.3, 0.4) is 0 Å². The van der Waals surface area contributed by atoms with Crippen LogP contribution in [0.15, 0.2) is 97.1 Å². The van der Waals surface area contributed by atoms with Crippen molar-refractivity contribution in [3.8, 4) is 28.4 Å². The molecule has 0 aromatic heterocycles. The Morgan fingerprint density at radius 3 is 1.09 bits per heavy atom. The first-order chi connectivity index (χ1) is 19.8. The second-order valence-electron chi connectivity index (χ2n) is 12.5. The Hall–Kier alpha value is -3.94. The van der Waals surface area contributed by atoms with Crippen LogP contribution in [-0.2, 0) is 10.8 Å². The summed E-state index contributed by atoms with van der Waals surface area (Å²) in [5, 5.41) is 0. The van der Waals surface area contributed by atoms with Crippen molar-refractivity contribution in [1.82, 2.24) is 0 Å². The Kier molecular flexibility index (Phi) is 8.39. The molecule has 4 aromatic rings. The van der Waals surface area contributed by atoms with E-state index in [0.717, 1.165) is 59.7 Å². The maximum Gasteiger partial charge on any atom is 0.411 e. The van der Waals surface area contributed by atoms with Crippen molar-refractivity contribution >= 4 is 0 Å². The first-order valence-electron chi connectivity index (χ1n) is 13.7. The molecule has 228 valence electrons. The monoisotopic (exact) mass is 600 g/mol. The van der Waals surface area contributed by atoms with Gasteiger partial charge >= 0.3 is 12.4 Å². The van der Waals surface area contributed by atoms with Crippen LogP contribution < -0.4 is 9.47 Å².